The van der Waals surface area contributed by atoms with Crippen LogP contribution < -0.4 is 14.2 Å². The maximum atomic E-state index is 12.3. The minimum atomic E-state index is -2.93. The minimum Gasteiger partial charge on any atom is -0.497 e. The van der Waals surface area contributed by atoms with Gasteiger partial charge < -0.3 is 19.1 Å². The summed E-state index contributed by atoms with van der Waals surface area (Å²) in [5, 5.41) is 0. The molecule has 0 heterocycles. The molecule has 0 atom stereocenters. The van der Waals surface area contributed by atoms with E-state index >= 15 is 0 Å². The van der Waals surface area contributed by atoms with Gasteiger partial charge in [0.2, 0.25) is 0 Å². The highest BCUT2D eigenvalue weighted by Gasteiger charge is 2.13. The third-order valence-corrected chi connectivity index (χ3v) is 3.41. The standard InChI is InChI=1S/C18H19F2NO4/c1-21(10-11-24-15-8-6-14(23-2)7-9-15)17(22)13-4-3-5-16(12-13)25-18(19)20/h3-9,12,18H,10-11H2,1-2H3. The average Bonchev–Trinajstić information content (AvgIpc) is 2.61. The van der Waals surface area contributed by atoms with E-state index < -0.39 is 6.61 Å². The third-order valence-electron chi connectivity index (χ3n) is 3.41. The molecule has 0 fully saturated rings. The molecule has 0 radical (unpaired) electrons. The summed E-state index contributed by atoms with van der Waals surface area (Å²) in [6, 6.07) is 12.8. The number of nitrogens with zero attached hydrogens (tertiary/aromatic N) is 1. The van der Waals surface area contributed by atoms with Gasteiger partial charge in [-0.05, 0) is 42.5 Å². The summed E-state index contributed by atoms with van der Waals surface area (Å²) in [5.41, 5.74) is 0.269. The first-order valence-corrected chi connectivity index (χ1v) is 7.57. The summed E-state index contributed by atoms with van der Waals surface area (Å²) in [6.45, 7) is -2.30. The Hall–Kier alpha value is -2.83. The minimum absolute atomic E-state index is 0.0521. The topological polar surface area (TPSA) is 48.0 Å². The highest BCUT2D eigenvalue weighted by atomic mass is 19.3. The molecule has 2 rings (SSSR count). The normalized spacial score (nSPS) is 10.4. The van der Waals surface area contributed by atoms with Gasteiger partial charge in [-0.3, -0.25) is 4.79 Å². The van der Waals surface area contributed by atoms with Crippen molar-refractivity contribution in [2.24, 2.45) is 0 Å². The fourth-order valence-electron chi connectivity index (χ4n) is 2.10. The second-order valence-electron chi connectivity index (χ2n) is 5.16. The Kier molecular flexibility index (Phi) is 6.56. The van der Waals surface area contributed by atoms with Crippen LogP contribution in [0.4, 0.5) is 8.78 Å². The number of benzene rings is 2. The zero-order valence-electron chi connectivity index (χ0n) is 13.9. The molecule has 7 heteroatoms. The lowest BCUT2D eigenvalue weighted by atomic mass is 10.2. The number of ether oxygens (including phenoxy) is 3. The van der Waals surface area contributed by atoms with Crippen molar-refractivity contribution in [1.29, 1.82) is 0 Å². The first kappa shape index (κ1) is 18.5. The molecule has 0 N–H and O–H groups in total. The van der Waals surface area contributed by atoms with Crippen molar-refractivity contribution in [2.45, 2.75) is 6.61 Å². The monoisotopic (exact) mass is 351 g/mol. The Morgan fingerprint density at radius 1 is 1.08 bits per heavy atom. The molecule has 0 unspecified atom stereocenters. The third kappa shape index (κ3) is 5.63. The predicted octanol–water partition coefficient (Wildman–Crippen LogP) is 3.45. The fourth-order valence-corrected chi connectivity index (χ4v) is 2.10. The number of amides is 1. The van der Waals surface area contributed by atoms with Gasteiger partial charge in [0.1, 0.15) is 23.9 Å². The van der Waals surface area contributed by atoms with E-state index in [2.05, 4.69) is 4.74 Å². The molecule has 0 aliphatic heterocycles. The fraction of sp³-hybridized carbons (Fsp3) is 0.278. The Balaban J connectivity index is 1.87. The van der Waals surface area contributed by atoms with Crippen LogP contribution >= 0.6 is 0 Å². The van der Waals surface area contributed by atoms with Crippen molar-refractivity contribution < 1.29 is 27.8 Å². The summed E-state index contributed by atoms with van der Waals surface area (Å²) >= 11 is 0. The molecule has 0 saturated carbocycles. The van der Waals surface area contributed by atoms with Gasteiger partial charge >= 0.3 is 6.61 Å². The van der Waals surface area contributed by atoms with Crippen LogP contribution in [0.25, 0.3) is 0 Å². The second kappa shape index (κ2) is 8.86. The SMILES string of the molecule is COc1ccc(OCCN(C)C(=O)c2cccc(OC(F)F)c2)cc1. The zero-order valence-corrected chi connectivity index (χ0v) is 13.9. The van der Waals surface area contributed by atoms with E-state index in [1.165, 1.54) is 23.1 Å². The number of alkyl halides is 2. The van der Waals surface area contributed by atoms with Crippen LogP contribution in [0.3, 0.4) is 0 Å². The molecule has 0 saturated heterocycles. The first-order valence-electron chi connectivity index (χ1n) is 7.57. The van der Waals surface area contributed by atoms with Gasteiger partial charge in [0.05, 0.1) is 13.7 Å². The highest BCUT2D eigenvalue weighted by Crippen LogP contribution is 2.18. The van der Waals surface area contributed by atoms with Gasteiger partial charge in [0, 0.05) is 12.6 Å². The Morgan fingerprint density at radius 3 is 2.40 bits per heavy atom. The summed E-state index contributed by atoms with van der Waals surface area (Å²) in [4.78, 5) is 13.8. The van der Waals surface area contributed by atoms with E-state index in [4.69, 9.17) is 9.47 Å². The highest BCUT2D eigenvalue weighted by molar-refractivity contribution is 5.94. The van der Waals surface area contributed by atoms with Gasteiger partial charge in [-0.2, -0.15) is 8.78 Å². The van der Waals surface area contributed by atoms with Crippen molar-refractivity contribution in [3.05, 3.63) is 54.1 Å². The van der Waals surface area contributed by atoms with E-state index in [0.717, 1.165) is 5.75 Å². The molecular weight excluding hydrogens is 332 g/mol. The Bertz CT molecular complexity index is 692. The van der Waals surface area contributed by atoms with E-state index in [9.17, 15) is 13.6 Å². The average molecular weight is 351 g/mol. The van der Waals surface area contributed by atoms with E-state index in [1.807, 2.05) is 0 Å². The second-order valence-corrected chi connectivity index (χ2v) is 5.16. The Morgan fingerprint density at radius 2 is 1.76 bits per heavy atom. The van der Waals surface area contributed by atoms with Gasteiger partial charge in [-0.25, -0.2) is 0 Å². The molecule has 0 aliphatic rings. The maximum Gasteiger partial charge on any atom is 0.387 e. The van der Waals surface area contributed by atoms with Crippen molar-refractivity contribution in [2.75, 3.05) is 27.3 Å². The van der Waals surface area contributed by atoms with Gasteiger partial charge in [0.25, 0.3) is 5.91 Å². The number of carbonyl (C=O) groups excluding carboxylic acids is 1. The summed E-state index contributed by atoms with van der Waals surface area (Å²) < 4.78 is 39.4. The van der Waals surface area contributed by atoms with E-state index in [1.54, 1.807) is 44.5 Å². The molecular formula is C18H19F2NO4. The van der Waals surface area contributed by atoms with Crippen LogP contribution in [-0.4, -0.2) is 44.7 Å². The molecule has 0 spiro atoms. The van der Waals surface area contributed by atoms with Crippen LogP contribution in [0, 0.1) is 0 Å². The van der Waals surface area contributed by atoms with Crippen molar-refractivity contribution >= 4 is 5.91 Å². The molecule has 2 aromatic rings. The number of methoxy groups -OCH3 is 1. The molecule has 134 valence electrons. The maximum absolute atomic E-state index is 12.3. The van der Waals surface area contributed by atoms with Crippen LogP contribution in [0.2, 0.25) is 0 Å². The Labute approximate surface area is 144 Å². The quantitative estimate of drug-likeness (QED) is 0.731. The molecule has 1 amide bonds. The van der Waals surface area contributed by atoms with Crippen LogP contribution in [0.15, 0.2) is 48.5 Å². The molecule has 0 aliphatic carbocycles. The number of hydrogen-bond acceptors (Lipinski definition) is 4. The molecule has 0 aromatic heterocycles. The lowest BCUT2D eigenvalue weighted by molar-refractivity contribution is -0.0499. The van der Waals surface area contributed by atoms with Crippen molar-refractivity contribution in [3.8, 4) is 17.2 Å². The van der Waals surface area contributed by atoms with Crippen LogP contribution in [0.5, 0.6) is 17.2 Å². The van der Waals surface area contributed by atoms with Gasteiger partial charge in [0.15, 0.2) is 0 Å². The summed E-state index contributed by atoms with van der Waals surface area (Å²) in [7, 11) is 3.19. The molecule has 5 nitrogen and oxygen atoms in total. The van der Waals surface area contributed by atoms with Crippen LogP contribution in [0.1, 0.15) is 10.4 Å². The van der Waals surface area contributed by atoms with Gasteiger partial charge in [-0.1, -0.05) is 6.07 Å². The number of halogens is 2. The summed E-state index contributed by atoms with van der Waals surface area (Å²) in [5.74, 6) is 1.03. The zero-order chi connectivity index (χ0) is 18.2. The largest absolute Gasteiger partial charge is 0.497 e. The molecule has 25 heavy (non-hydrogen) atoms. The number of carbonyl (C=O) groups is 1. The van der Waals surface area contributed by atoms with Crippen molar-refractivity contribution in [1.82, 2.24) is 4.90 Å². The first-order chi connectivity index (χ1) is 12.0. The van der Waals surface area contributed by atoms with Gasteiger partial charge in [-0.15, -0.1) is 0 Å². The molecule has 0 bridgehead atoms. The number of rotatable bonds is 8. The van der Waals surface area contributed by atoms with E-state index in [0.29, 0.717) is 18.9 Å². The van der Waals surface area contributed by atoms with Crippen molar-refractivity contribution in [3.63, 3.8) is 0 Å². The van der Waals surface area contributed by atoms with Crippen LogP contribution in [-0.2, 0) is 0 Å². The number of hydrogen-bond donors (Lipinski definition) is 0. The lowest BCUT2D eigenvalue weighted by Crippen LogP contribution is -2.30. The lowest BCUT2D eigenvalue weighted by Gasteiger charge is -2.18. The number of likely N-dealkylation sites (N-methyl/N-ethyl adjacent to an activating group) is 1. The molecule has 2 aromatic carbocycles. The van der Waals surface area contributed by atoms with E-state index in [-0.39, 0.29) is 17.2 Å². The summed E-state index contributed by atoms with van der Waals surface area (Å²) in [6.07, 6.45) is 0. The smallest absolute Gasteiger partial charge is 0.387 e. The predicted molar refractivity (Wildman–Crippen MR) is 88.5 cm³/mol.